The molecule has 0 radical (unpaired) electrons. The van der Waals surface area contributed by atoms with Crippen molar-refractivity contribution in [1.82, 2.24) is 9.78 Å². The molecule has 4 aromatic rings. The Morgan fingerprint density at radius 1 is 0.909 bits per heavy atom. The number of aromatic nitrogens is 3. The molecule has 0 spiro atoms. The summed E-state index contributed by atoms with van der Waals surface area (Å²) in [7, 11) is 0. The minimum absolute atomic E-state index is 0. The number of pyridine rings is 1. The lowest BCUT2D eigenvalue weighted by Crippen LogP contribution is -3.00. The molecule has 0 fully saturated rings. The van der Waals surface area contributed by atoms with Crippen LogP contribution in [0.15, 0.2) is 83.9 Å². The van der Waals surface area contributed by atoms with E-state index in [0.717, 1.165) is 0 Å². The van der Waals surface area contributed by atoms with E-state index in [1.807, 2.05) is 35.2 Å². The molecule has 0 aliphatic heterocycles. The number of hydrogen-bond donors (Lipinski definition) is 2. The summed E-state index contributed by atoms with van der Waals surface area (Å²) >= 11 is 0. The third-order valence-electron chi connectivity index (χ3n) is 5.15. The Labute approximate surface area is 196 Å². The van der Waals surface area contributed by atoms with Gasteiger partial charge in [0.2, 0.25) is 0 Å². The molecule has 33 heavy (non-hydrogen) atoms. The van der Waals surface area contributed by atoms with Gasteiger partial charge in [-0.3, -0.25) is 9.59 Å². The number of nitrogens with zero attached hydrogens (tertiary/aromatic N) is 3. The molecule has 168 valence electrons. The summed E-state index contributed by atoms with van der Waals surface area (Å²) in [6.45, 7) is 2.13. The molecule has 7 nitrogen and oxygen atoms in total. The number of aryl methyl sites for hydroxylation is 2. The van der Waals surface area contributed by atoms with Crippen LogP contribution in [0.2, 0.25) is 0 Å². The van der Waals surface area contributed by atoms with Crippen molar-refractivity contribution in [3.05, 3.63) is 95.0 Å². The van der Waals surface area contributed by atoms with Crippen LogP contribution < -0.4 is 22.5 Å². The van der Waals surface area contributed by atoms with Crippen LogP contribution in [0.3, 0.4) is 0 Å². The van der Waals surface area contributed by atoms with Crippen molar-refractivity contribution in [3.63, 3.8) is 0 Å². The summed E-state index contributed by atoms with van der Waals surface area (Å²) in [6.07, 6.45) is 3.78. The van der Waals surface area contributed by atoms with Gasteiger partial charge in [0.05, 0.1) is 11.3 Å². The molecule has 8 heteroatoms. The van der Waals surface area contributed by atoms with E-state index in [1.54, 1.807) is 24.3 Å². The van der Waals surface area contributed by atoms with Gasteiger partial charge in [-0.15, -0.1) is 0 Å². The summed E-state index contributed by atoms with van der Waals surface area (Å²) in [5, 5.41) is 24.0. The fraction of sp³-hybridized carbons (Fsp3) is 0.120. The molecular weight excluding hydrogens is 442 g/mol. The number of rotatable bonds is 6. The van der Waals surface area contributed by atoms with E-state index in [-0.39, 0.29) is 41.8 Å². The molecule has 0 saturated carbocycles. The molecule has 0 saturated heterocycles. The first kappa shape index (κ1) is 23.7. The molecule has 2 aromatic heterocycles. The fourth-order valence-electron chi connectivity index (χ4n) is 3.57. The van der Waals surface area contributed by atoms with Gasteiger partial charge in [-0.25, -0.2) is 9.25 Å². The molecule has 0 bridgehead atoms. The summed E-state index contributed by atoms with van der Waals surface area (Å²) in [6, 6.07) is 18.4. The molecule has 2 aromatic carbocycles. The van der Waals surface area contributed by atoms with E-state index in [4.69, 9.17) is 0 Å². The van der Waals surface area contributed by atoms with Crippen molar-refractivity contribution in [1.29, 1.82) is 0 Å². The van der Waals surface area contributed by atoms with Crippen LogP contribution in [0.25, 0.3) is 22.4 Å². The lowest BCUT2D eigenvalue weighted by atomic mass is 9.94. The van der Waals surface area contributed by atoms with Crippen molar-refractivity contribution in [2.24, 2.45) is 0 Å². The van der Waals surface area contributed by atoms with Crippen molar-refractivity contribution in [3.8, 4) is 33.9 Å². The summed E-state index contributed by atoms with van der Waals surface area (Å²) in [5.74, 6) is -0.201. The van der Waals surface area contributed by atoms with E-state index in [9.17, 15) is 19.8 Å². The van der Waals surface area contributed by atoms with Gasteiger partial charge in [-0.05, 0) is 48.9 Å². The minimum Gasteiger partial charge on any atom is -1.00 e. The first-order valence-corrected chi connectivity index (χ1v) is 10.1. The zero-order valence-corrected chi connectivity index (χ0v) is 18.6. The van der Waals surface area contributed by atoms with Gasteiger partial charge in [0.1, 0.15) is 18.0 Å². The first-order valence-electron chi connectivity index (χ1n) is 10.1. The highest BCUT2D eigenvalue weighted by Crippen LogP contribution is 2.33. The van der Waals surface area contributed by atoms with Crippen LogP contribution in [0.5, 0.6) is 11.5 Å². The highest BCUT2D eigenvalue weighted by Gasteiger charge is 2.23. The van der Waals surface area contributed by atoms with Crippen molar-refractivity contribution < 1.29 is 32.0 Å². The topological polar surface area (TPSA) is 96.3 Å². The maximum absolute atomic E-state index is 13.3. The molecule has 0 aliphatic carbocycles. The van der Waals surface area contributed by atoms with Gasteiger partial charge in [0.15, 0.2) is 24.7 Å². The van der Waals surface area contributed by atoms with E-state index < -0.39 is 5.56 Å². The maximum Gasteiger partial charge on any atom is 0.278 e. The fourth-order valence-corrected chi connectivity index (χ4v) is 3.57. The van der Waals surface area contributed by atoms with Crippen molar-refractivity contribution >= 4 is 5.78 Å². The zero-order valence-electron chi connectivity index (χ0n) is 17.9. The van der Waals surface area contributed by atoms with Crippen molar-refractivity contribution in [2.45, 2.75) is 20.0 Å². The number of carbonyl (C=O) groups excluding carboxylic acids is 1. The Morgan fingerprint density at radius 2 is 1.45 bits per heavy atom. The van der Waals surface area contributed by atoms with Gasteiger partial charge in [-0.1, -0.05) is 18.2 Å². The molecule has 0 aliphatic rings. The second-order valence-corrected chi connectivity index (χ2v) is 7.39. The number of benzene rings is 2. The van der Waals surface area contributed by atoms with E-state index in [0.29, 0.717) is 28.9 Å². The highest BCUT2D eigenvalue weighted by molar-refractivity contribution is 6.03. The second kappa shape index (κ2) is 10.1. The Morgan fingerprint density at radius 3 is 2.00 bits per heavy atom. The maximum atomic E-state index is 13.3. The van der Waals surface area contributed by atoms with Gasteiger partial charge < -0.3 is 22.6 Å². The van der Waals surface area contributed by atoms with Crippen LogP contribution in [-0.4, -0.2) is 25.8 Å². The van der Waals surface area contributed by atoms with Gasteiger partial charge in [-0.2, -0.15) is 5.10 Å². The number of halogens is 1. The normalized spacial score (nSPS) is 10.5. The second-order valence-electron chi connectivity index (χ2n) is 7.39. The third-order valence-corrected chi connectivity index (χ3v) is 5.15. The summed E-state index contributed by atoms with van der Waals surface area (Å²) in [5.41, 5.74) is 1.64. The molecule has 0 amide bonds. The molecule has 0 atom stereocenters. The Hall–Kier alpha value is -3.97. The molecule has 0 unspecified atom stereocenters. The lowest BCUT2D eigenvalue weighted by molar-refractivity contribution is -0.698. The minimum atomic E-state index is -0.473. The smallest absolute Gasteiger partial charge is 0.278 e. The lowest BCUT2D eigenvalue weighted by Gasteiger charge is -2.16. The number of hydrogen-bond acceptors (Lipinski definition) is 5. The van der Waals surface area contributed by atoms with Gasteiger partial charge in [0.25, 0.3) is 5.56 Å². The van der Waals surface area contributed by atoms with E-state index in [2.05, 4.69) is 5.10 Å². The Balaban J connectivity index is 0.00000306. The summed E-state index contributed by atoms with van der Waals surface area (Å²) in [4.78, 5) is 26.0. The van der Waals surface area contributed by atoms with Crippen molar-refractivity contribution in [2.75, 3.05) is 0 Å². The van der Waals surface area contributed by atoms with Gasteiger partial charge >= 0.3 is 0 Å². The molecule has 2 heterocycles. The molecule has 2 N–H and O–H groups in total. The quantitative estimate of drug-likeness (QED) is 0.314. The van der Waals surface area contributed by atoms with Crippen LogP contribution in [0, 0.1) is 0 Å². The summed E-state index contributed by atoms with van der Waals surface area (Å²) < 4.78 is 3.23. The highest BCUT2D eigenvalue weighted by atomic mass is 35.5. The average molecular weight is 464 g/mol. The number of phenols is 2. The average Bonchev–Trinajstić information content (AvgIpc) is 2.79. The largest absolute Gasteiger partial charge is 1.00 e. The zero-order chi connectivity index (χ0) is 22.7. The predicted molar refractivity (Wildman–Crippen MR) is 119 cm³/mol. The Bertz CT molecular complexity index is 1320. The van der Waals surface area contributed by atoms with Gasteiger partial charge in [0, 0.05) is 23.3 Å². The third kappa shape index (κ3) is 5.10. The monoisotopic (exact) mass is 463 g/mol. The number of aromatic hydroxyl groups is 2. The number of Topliss-reactive ketones (excluding diaryl/α,β-unsaturated/α-hetero) is 1. The first-order chi connectivity index (χ1) is 15.4. The Kier molecular flexibility index (Phi) is 7.25. The molecule has 4 rings (SSSR count). The van der Waals surface area contributed by atoms with Crippen LogP contribution in [0.1, 0.15) is 17.3 Å². The number of carbonyl (C=O) groups is 1. The SMILES string of the molecule is CC(=O)c1c(-c2ccc(O)cc2)c(-c2ccc(O)cc2)nn(CC[n+]2ccccc2)c1=O.[Cl-]. The van der Waals surface area contributed by atoms with E-state index >= 15 is 0 Å². The molecular formula is C25H22ClN3O4. The van der Waals surface area contributed by atoms with Crippen LogP contribution in [-0.2, 0) is 13.1 Å². The standard InChI is InChI=1S/C25H21N3O4.ClH/c1-17(29)22-23(18-5-9-20(30)10-6-18)24(19-7-11-21(31)12-8-19)26-28(25(22)32)16-15-27-13-3-2-4-14-27;/h2-14H,15-16H2,1H3,(H-,26,29,30,31,32);1H. The van der Waals surface area contributed by atoms with Crippen LogP contribution in [0.4, 0.5) is 0 Å². The predicted octanol–water partition coefficient (Wildman–Crippen LogP) is 0.183. The number of ketones is 1. The van der Waals surface area contributed by atoms with E-state index in [1.165, 1.54) is 35.9 Å². The number of phenolic OH excluding ortho intramolecular Hbond substituents is 2. The van der Waals surface area contributed by atoms with Crippen LogP contribution >= 0.6 is 0 Å².